The smallest absolute Gasteiger partial charge is 0.322 e. The number of halogens is 1. The Hall–Kier alpha value is -1.26. The first-order chi connectivity index (χ1) is 7.67. The van der Waals surface area contributed by atoms with Crippen LogP contribution in [0.5, 0.6) is 5.75 Å². The predicted molar refractivity (Wildman–Crippen MR) is 68.6 cm³/mol. The van der Waals surface area contributed by atoms with Gasteiger partial charge in [0.1, 0.15) is 11.8 Å². The quantitative estimate of drug-likeness (QED) is 0.815. The molecule has 1 unspecified atom stereocenters. The van der Waals surface area contributed by atoms with E-state index in [-0.39, 0.29) is 12.4 Å². The number of ether oxygens (including phenoxy) is 2. The van der Waals surface area contributed by atoms with Crippen LogP contribution in [0, 0.1) is 0 Å². The lowest BCUT2D eigenvalue weighted by atomic mass is 10.1. The molecule has 1 rings (SSSR count). The highest BCUT2D eigenvalue weighted by molar-refractivity contribution is 5.85. The molecule has 1 aromatic carbocycles. The molecule has 4 nitrogen and oxygen atoms in total. The molecule has 2 N–H and O–H groups in total. The zero-order chi connectivity index (χ0) is 12.0. The van der Waals surface area contributed by atoms with Crippen LogP contribution in [0.25, 0.3) is 0 Å². The summed E-state index contributed by atoms with van der Waals surface area (Å²) in [4.78, 5) is 11.1. The zero-order valence-electron chi connectivity index (χ0n) is 10.0. The summed E-state index contributed by atoms with van der Waals surface area (Å²) in [5.74, 6) is 0.423. The first kappa shape index (κ1) is 15.7. The third-order valence-electron chi connectivity index (χ3n) is 2.19. The van der Waals surface area contributed by atoms with Crippen molar-refractivity contribution in [2.24, 2.45) is 5.73 Å². The van der Waals surface area contributed by atoms with E-state index >= 15 is 0 Å². The molecule has 0 aromatic heterocycles. The topological polar surface area (TPSA) is 61.5 Å². The van der Waals surface area contributed by atoms with Crippen LogP contribution in [0.1, 0.15) is 12.5 Å². The fraction of sp³-hybridized carbons (Fsp3) is 0.417. The highest BCUT2D eigenvalue weighted by Crippen LogP contribution is 2.13. The Morgan fingerprint density at radius 3 is 2.41 bits per heavy atom. The van der Waals surface area contributed by atoms with Gasteiger partial charge in [-0.3, -0.25) is 4.79 Å². The number of benzene rings is 1. The van der Waals surface area contributed by atoms with Crippen molar-refractivity contribution in [3.05, 3.63) is 29.8 Å². The van der Waals surface area contributed by atoms with Gasteiger partial charge in [0.05, 0.1) is 13.7 Å². The number of carbonyl (C=O) groups is 1. The maximum Gasteiger partial charge on any atom is 0.322 e. The average Bonchev–Trinajstić information content (AvgIpc) is 2.31. The molecular formula is C12H18ClNO3. The number of methoxy groups -OCH3 is 1. The van der Waals surface area contributed by atoms with Gasteiger partial charge in [-0.25, -0.2) is 0 Å². The summed E-state index contributed by atoms with van der Waals surface area (Å²) in [7, 11) is 1.33. The van der Waals surface area contributed by atoms with E-state index in [1.165, 1.54) is 7.11 Å². The number of carbonyl (C=O) groups excluding carboxylic acids is 1. The fourth-order valence-corrected chi connectivity index (χ4v) is 1.38. The molecule has 0 saturated heterocycles. The van der Waals surface area contributed by atoms with Crippen molar-refractivity contribution < 1.29 is 14.3 Å². The van der Waals surface area contributed by atoms with Gasteiger partial charge in [0.25, 0.3) is 0 Å². The fourth-order valence-electron chi connectivity index (χ4n) is 1.38. The molecule has 5 heteroatoms. The molecule has 0 radical (unpaired) electrons. The minimum absolute atomic E-state index is 0. The minimum Gasteiger partial charge on any atom is -0.494 e. The Morgan fingerprint density at radius 1 is 1.35 bits per heavy atom. The number of nitrogens with two attached hydrogens (primary N) is 1. The van der Waals surface area contributed by atoms with Gasteiger partial charge in [0, 0.05) is 0 Å². The largest absolute Gasteiger partial charge is 0.494 e. The summed E-state index contributed by atoms with van der Waals surface area (Å²) < 4.78 is 9.87. The number of esters is 1. The lowest BCUT2D eigenvalue weighted by molar-refractivity contribution is -0.142. The molecule has 0 heterocycles. The molecule has 0 aliphatic carbocycles. The molecule has 0 aliphatic rings. The Balaban J connectivity index is 0.00000256. The Morgan fingerprint density at radius 2 is 1.94 bits per heavy atom. The molecule has 0 saturated carbocycles. The van der Waals surface area contributed by atoms with Crippen molar-refractivity contribution in [1.82, 2.24) is 0 Å². The van der Waals surface area contributed by atoms with Crippen LogP contribution < -0.4 is 10.5 Å². The average molecular weight is 260 g/mol. The Kier molecular flexibility index (Phi) is 7.34. The van der Waals surface area contributed by atoms with Crippen LogP contribution in [0.3, 0.4) is 0 Å². The SMILES string of the molecule is CCOc1ccc(CC(N)C(=O)OC)cc1.Cl. The van der Waals surface area contributed by atoms with Crippen molar-refractivity contribution >= 4 is 18.4 Å². The Bertz CT molecular complexity index is 340. The van der Waals surface area contributed by atoms with Crippen molar-refractivity contribution in [1.29, 1.82) is 0 Å². The lowest BCUT2D eigenvalue weighted by Crippen LogP contribution is -2.33. The summed E-state index contributed by atoms with van der Waals surface area (Å²) >= 11 is 0. The van der Waals surface area contributed by atoms with Gasteiger partial charge in [0.15, 0.2) is 0 Å². The molecule has 0 spiro atoms. The molecule has 17 heavy (non-hydrogen) atoms. The standard InChI is InChI=1S/C12H17NO3.ClH/c1-3-16-10-6-4-9(5-7-10)8-11(13)12(14)15-2;/h4-7,11H,3,8,13H2,1-2H3;1H. The second-order valence-corrected chi connectivity index (χ2v) is 3.41. The van der Waals surface area contributed by atoms with E-state index in [9.17, 15) is 4.79 Å². The van der Waals surface area contributed by atoms with Gasteiger partial charge in [-0.15, -0.1) is 12.4 Å². The first-order valence-electron chi connectivity index (χ1n) is 5.22. The molecule has 1 aromatic rings. The van der Waals surface area contributed by atoms with Crippen LogP contribution in [0.15, 0.2) is 24.3 Å². The number of rotatable bonds is 5. The van der Waals surface area contributed by atoms with E-state index in [1.54, 1.807) is 0 Å². The minimum atomic E-state index is -0.608. The summed E-state index contributed by atoms with van der Waals surface area (Å²) in [6.07, 6.45) is 0.471. The van der Waals surface area contributed by atoms with E-state index in [1.807, 2.05) is 31.2 Å². The van der Waals surface area contributed by atoms with Gasteiger partial charge in [-0.05, 0) is 31.0 Å². The van der Waals surface area contributed by atoms with Crippen molar-refractivity contribution in [3.8, 4) is 5.75 Å². The van der Waals surface area contributed by atoms with Crippen molar-refractivity contribution in [3.63, 3.8) is 0 Å². The lowest BCUT2D eigenvalue weighted by Gasteiger charge is -2.09. The summed E-state index contributed by atoms with van der Waals surface area (Å²) in [6.45, 7) is 2.57. The van der Waals surface area contributed by atoms with Gasteiger partial charge in [-0.2, -0.15) is 0 Å². The normalized spacial score (nSPS) is 11.2. The van der Waals surface area contributed by atoms with E-state index in [4.69, 9.17) is 10.5 Å². The Labute approximate surface area is 108 Å². The molecule has 0 amide bonds. The van der Waals surface area contributed by atoms with Crippen LogP contribution in [-0.2, 0) is 16.0 Å². The molecular weight excluding hydrogens is 242 g/mol. The van der Waals surface area contributed by atoms with Crippen LogP contribution in [0.2, 0.25) is 0 Å². The van der Waals surface area contributed by atoms with Crippen LogP contribution >= 0.6 is 12.4 Å². The molecule has 96 valence electrons. The summed E-state index contributed by atoms with van der Waals surface area (Å²) in [6, 6.07) is 6.91. The third kappa shape index (κ3) is 5.06. The summed E-state index contributed by atoms with van der Waals surface area (Å²) in [5, 5.41) is 0. The maximum atomic E-state index is 11.1. The predicted octanol–water partition coefficient (Wildman–Crippen LogP) is 1.55. The molecule has 0 bridgehead atoms. The molecule has 0 aliphatic heterocycles. The number of hydrogen-bond donors (Lipinski definition) is 1. The van der Waals surface area contributed by atoms with E-state index in [0.717, 1.165) is 11.3 Å². The monoisotopic (exact) mass is 259 g/mol. The molecule has 0 fully saturated rings. The van der Waals surface area contributed by atoms with Crippen molar-refractivity contribution in [2.45, 2.75) is 19.4 Å². The van der Waals surface area contributed by atoms with Crippen LogP contribution in [-0.4, -0.2) is 25.7 Å². The van der Waals surface area contributed by atoms with Crippen LogP contribution in [0.4, 0.5) is 0 Å². The van der Waals surface area contributed by atoms with Gasteiger partial charge < -0.3 is 15.2 Å². The molecule has 1 atom stereocenters. The van der Waals surface area contributed by atoms with Gasteiger partial charge >= 0.3 is 5.97 Å². The second kappa shape index (κ2) is 7.92. The van der Waals surface area contributed by atoms with Gasteiger partial charge in [-0.1, -0.05) is 12.1 Å². The van der Waals surface area contributed by atoms with E-state index in [2.05, 4.69) is 4.74 Å². The third-order valence-corrected chi connectivity index (χ3v) is 2.19. The highest BCUT2D eigenvalue weighted by atomic mass is 35.5. The number of hydrogen-bond acceptors (Lipinski definition) is 4. The van der Waals surface area contributed by atoms with E-state index in [0.29, 0.717) is 13.0 Å². The summed E-state index contributed by atoms with van der Waals surface area (Å²) in [5.41, 5.74) is 6.64. The van der Waals surface area contributed by atoms with Crippen molar-refractivity contribution in [2.75, 3.05) is 13.7 Å². The zero-order valence-corrected chi connectivity index (χ0v) is 10.8. The maximum absolute atomic E-state index is 11.1. The van der Waals surface area contributed by atoms with E-state index < -0.39 is 12.0 Å². The van der Waals surface area contributed by atoms with Gasteiger partial charge in [0.2, 0.25) is 0 Å². The first-order valence-corrected chi connectivity index (χ1v) is 5.22. The second-order valence-electron chi connectivity index (χ2n) is 3.41. The highest BCUT2D eigenvalue weighted by Gasteiger charge is 2.13.